The van der Waals surface area contributed by atoms with Gasteiger partial charge in [-0.05, 0) is 61.9 Å². The van der Waals surface area contributed by atoms with Crippen molar-refractivity contribution in [1.82, 2.24) is 19.9 Å². The minimum atomic E-state index is 0.0623. The average molecular weight is 379 g/mol. The molecule has 0 aliphatic rings. The molecule has 4 rings (SSSR count). The van der Waals surface area contributed by atoms with Crippen molar-refractivity contribution < 1.29 is 4.79 Å². The van der Waals surface area contributed by atoms with Gasteiger partial charge in [0.2, 0.25) is 5.91 Å². The van der Waals surface area contributed by atoms with E-state index in [2.05, 4.69) is 35.7 Å². The molecule has 3 heterocycles. The molecule has 4 aromatic rings. The number of carbonyl (C=O) groups excluding carboxylic acids is 1. The van der Waals surface area contributed by atoms with Gasteiger partial charge in [0.1, 0.15) is 0 Å². The number of aryl methyl sites for hydroxylation is 3. The summed E-state index contributed by atoms with van der Waals surface area (Å²) >= 11 is 1.68. The molecule has 3 aromatic heterocycles. The third kappa shape index (κ3) is 3.32. The van der Waals surface area contributed by atoms with Gasteiger partial charge in [0, 0.05) is 28.1 Å². The van der Waals surface area contributed by atoms with E-state index in [1.165, 1.54) is 10.4 Å². The quantitative estimate of drug-likeness (QED) is 0.568. The molecule has 27 heavy (non-hydrogen) atoms. The van der Waals surface area contributed by atoms with Gasteiger partial charge in [-0.1, -0.05) is 12.1 Å². The van der Waals surface area contributed by atoms with E-state index < -0.39 is 0 Å². The summed E-state index contributed by atoms with van der Waals surface area (Å²) in [6.07, 6.45) is 1.10. The fourth-order valence-corrected chi connectivity index (χ4v) is 4.28. The van der Waals surface area contributed by atoms with E-state index in [9.17, 15) is 4.79 Å². The fourth-order valence-electron chi connectivity index (χ4n) is 3.43. The normalized spacial score (nSPS) is 11.4. The molecule has 1 N–H and O–H groups in total. The van der Waals surface area contributed by atoms with Gasteiger partial charge in [0.25, 0.3) is 0 Å². The minimum Gasteiger partial charge on any atom is -0.351 e. The van der Waals surface area contributed by atoms with E-state index in [1.54, 1.807) is 11.3 Å². The van der Waals surface area contributed by atoms with Crippen LogP contribution in [0.2, 0.25) is 0 Å². The second kappa shape index (κ2) is 7.12. The Morgan fingerprint density at radius 1 is 1.19 bits per heavy atom. The van der Waals surface area contributed by atoms with Crippen LogP contribution in [-0.2, 0) is 17.8 Å². The molecule has 5 nitrogen and oxygen atoms in total. The Morgan fingerprint density at radius 3 is 2.78 bits per heavy atom. The largest absolute Gasteiger partial charge is 0.351 e. The van der Waals surface area contributed by atoms with Crippen LogP contribution in [0.4, 0.5) is 0 Å². The molecule has 0 saturated carbocycles. The molecule has 0 unspecified atom stereocenters. The van der Waals surface area contributed by atoms with E-state index in [-0.39, 0.29) is 5.91 Å². The lowest BCUT2D eigenvalue weighted by atomic mass is 10.1. The van der Waals surface area contributed by atoms with Crippen LogP contribution in [0.1, 0.15) is 33.8 Å². The van der Waals surface area contributed by atoms with Gasteiger partial charge >= 0.3 is 0 Å². The highest BCUT2D eigenvalue weighted by Crippen LogP contribution is 2.23. The average Bonchev–Trinajstić information content (AvgIpc) is 3.23. The molecule has 1 amide bonds. The molecule has 0 aliphatic heterocycles. The standard InChI is InChI=1S/C21H22N4OS/c1-13-10-11-27-19(13)12-22-20(26)9-8-16-14(2)23-21-17-6-4-5-7-18(17)24-25(21)15(16)3/h4-7,10-11H,8-9,12H2,1-3H3,(H,22,26). The van der Waals surface area contributed by atoms with Crippen LogP contribution in [0.3, 0.4) is 0 Å². The summed E-state index contributed by atoms with van der Waals surface area (Å²) in [6, 6.07) is 10.1. The predicted octanol–water partition coefficient (Wildman–Crippen LogP) is 4.12. The summed E-state index contributed by atoms with van der Waals surface area (Å²) in [5.41, 5.74) is 6.16. The molecule has 0 aliphatic carbocycles. The van der Waals surface area contributed by atoms with Crippen LogP contribution in [0, 0.1) is 20.8 Å². The molecular weight excluding hydrogens is 356 g/mol. The lowest BCUT2D eigenvalue weighted by Gasteiger charge is -2.11. The van der Waals surface area contributed by atoms with Gasteiger partial charge in [-0.25, -0.2) is 9.50 Å². The Bertz CT molecular complexity index is 1140. The maximum absolute atomic E-state index is 12.3. The Kier molecular flexibility index (Phi) is 4.66. The molecule has 0 radical (unpaired) electrons. The summed E-state index contributed by atoms with van der Waals surface area (Å²) in [5, 5.41) is 10.8. The Hall–Kier alpha value is -2.73. The van der Waals surface area contributed by atoms with Gasteiger partial charge in [0.15, 0.2) is 5.65 Å². The predicted molar refractivity (Wildman–Crippen MR) is 109 cm³/mol. The van der Waals surface area contributed by atoms with Crippen LogP contribution in [0.15, 0.2) is 35.7 Å². The Balaban J connectivity index is 1.52. The SMILES string of the molecule is Cc1ccsc1CNC(=O)CCc1c(C)nc2c3ccccc3nn2c1C. The molecule has 1 aromatic carbocycles. The number of thiophene rings is 1. The molecule has 0 fully saturated rings. The zero-order valence-corrected chi connectivity index (χ0v) is 16.6. The fraction of sp³-hybridized carbons (Fsp3) is 0.286. The number of benzene rings is 1. The van der Waals surface area contributed by atoms with E-state index >= 15 is 0 Å². The third-order valence-electron chi connectivity index (χ3n) is 5.03. The maximum atomic E-state index is 12.3. The number of nitrogens with zero attached hydrogens (tertiary/aromatic N) is 3. The van der Waals surface area contributed by atoms with Crippen LogP contribution in [-0.4, -0.2) is 20.5 Å². The number of hydrogen-bond acceptors (Lipinski definition) is 4. The van der Waals surface area contributed by atoms with Gasteiger partial charge in [-0.15, -0.1) is 11.3 Å². The maximum Gasteiger partial charge on any atom is 0.220 e. The Morgan fingerprint density at radius 2 is 2.00 bits per heavy atom. The lowest BCUT2D eigenvalue weighted by molar-refractivity contribution is -0.121. The van der Waals surface area contributed by atoms with Crippen molar-refractivity contribution >= 4 is 33.8 Å². The summed E-state index contributed by atoms with van der Waals surface area (Å²) < 4.78 is 1.90. The Labute approximate surface area is 162 Å². The van der Waals surface area contributed by atoms with Crippen molar-refractivity contribution in [3.63, 3.8) is 0 Å². The van der Waals surface area contributed by atoms with Crippen molar-refractivity contribution in [2.45, 2.75) is 40.2 Å². The first-order valence-electron chi connectivity index (χ1n) is 9.08. The van der Waals surface area contributed by atoms with Crippen molar-refractivity contribution in [3.05, 3.63) is 63.1 Å². The number of amides is 1. The van der Waals surface area contributed by atoms with Gasteiger partial charge in [-0.3, -0.25) is 4.79 Å². The molecule has 0 saturated heterocycles. The summed E-state index contributed by atoms with van der Waals surface area (Å²) in [4.78, 5) is 18.3. The van der Waals surface area contributed by atoms with Crippen LogP contribution in [0.25, 0.3) is 16.6 Å². The number of carbonyl (C=O) groups is 1. The smallest absolute Gasteiger partial charge is 0.220 e. The van der Waals surface area contributed by atoms with Gasteiger partial charge < -0.3 is 5.32 Å². The minimum absolute atomic E-state index is 0.0623. The first-order chi connectivity index (χ1) is 13.0. The second-order valence-electron chi connectivity index (χ2n) is 6.82. The zero-order valence-electron chi connectivity index (χ0n) is 15.7. The first-order valence-corrected chi connectivity index (χ1v) is 9.96. The monoisotopic (exact) mass is 378 g/mol. The zero-order chi connectivity index (χ0) is 19.0. The van der Waals surface area contributed by atoms with Crippen molar-refractivity contribution in [3.8, 4) is 0 Å². The number of aromatic nitrogens is 3. The highest BCUT2D eigenvalue weighted by molar-refractivity contribution is 7.10. The molecular formula is C21H22N4OS. The highest BCUT2D eigenvalue weighted by Gasteiger charge is 2.15. The first kappa shape index (κ1) is 17.7. The summed E-state index contributed by atoms with van der Waals surface area (Å²) in [6.45, 7) is 6.73. The van der Waals surface area contributed by atoms with Crippen molar-refractivity contribution in [1.29, 1.82) is 0 Å². The van der Waals surface area contributed by atoms with Crippen molar-refractivity contribution in [2.24, 2.45) is 0 Å². The second-order valence-corrected chi connectivity index (χ2v) is 7.82. The molecule has 0 bridgehead atoms. The van der Waals surface area contributed by atoms with Gasteiger partial charge in [0.05, 0.1) is 12.1 Å². The van der Waals surface area contributed by atoms with Crippen LogP contribution >= 0.6 is 11.3 Å². The number of fused-ring (bicyclic) bond motifs is 3. The van der Waals surface area contributed by atoms with Crippen LogP contribution in [0.5, 0.6) is 0 Å². The highest BCUT2D eigenvalue weighted by atomic mass is 32.1. The molecule has 0 atom stereocenters. The summed E-state index contributed by atoms with van der Waals surface area (Å²) in [5.74, 6) is 0.0623. The summed E-state index contributed by atoms with van der Waals surface area (Å²) in [7, 11) is 0. The molecule has 0 spiro atoms. The van der Waals surface area contributed by atoms with Crippen molar-refractivity contribution in [2.75, 3.05) is 0 Å². The number of rotatable bonds is 5. The van der Waals surface area contributed by atoms with E-state index in [0.29, 0.717) is 19.4 Å². The number of nitrogens with one attached hydrogen (secondary N) is 1. The van der Waals surface area contributed by atoms with E-state index in [0.717, 1.165) is 33.5 Å². The number of hydrogen-bond donors (Lipinski definition) is 1. The van der Waals surface area contributed by atoms with E-state index in [4.69, 9.17) is 4.98 Å². The lowest BCUT2D eigenvalue weighted by Crippen LogP contribution is -2.23. The molecule has 138 valence electrons. The van der Waals surface area contributed by atoms with E-state index in [1.807, 2.05) is 35.7 Å². The molecule has 6 heteroatoms. The topological polar surface area (TPSA) is 59.3 Å². The third-order valence-corrected chi connectivity index (χ3v) is 6.06. The van der Waals surface area contributed by atoms with Gasteiger partial charge in [-0.2, -0.15) is 5.10 Å². The van der Waals surface area contributed by atoms with Crippen LogP contribution < -0.4 is 5.32 Å².